The zero-order chi connectivity index (χ0) is 17.9. The average molecular weight is 357 g/mol. The van der Waals surface area contributed by atoms with E-state index in [1.54, 1.807) is 0 Å². The summed E-state index contributed by atoms with van der Waals surface area (Å²) in [5.41, 5.74) is 0.0722. The summed E-state index contributed by atoms with van der Waals surface area (Å²) in [5.74, 6) is -0.866. The first kappa shape index (κ1) is 18.2. The van der Waals surface area contributed by atoms with Gasteiger partial charge in [-0.15, -0.1) is 0 Å². The van der Waals surface area contributed by atoms with E-state index in [9.17, 15) is 17.2 Å². The summed E-state index contributed by atoms with van der Waals surface area (Å²) in [7, 11) is 0.265. The minimum Gasteiger partial charge on any atom is -0.493 e. The summed E-state index contributed by atoms with van der Waals surface area (Å²) in [4.78, 5) is -0.0230. The number of hydrogen-bond donors (Lipinski definition) is 0. The van der Waals surface area contributed by atoms with Crippen LogP contribution in [0.1, 0.15) is 5.56 Å². The number of sulfonamides is 1. The van der Waals surface area contributed by atoms with Gasteiger partial charge in [-0.2, -0.15) is 4.31 Å². The van der Waals surface area contributed by atoms with Crippen LogP contribution in [0.25, 0.3) is 0 Å². The Hall–Kier alpha value is -2.19. The second kappa shape index (κ2) is 7.14. The van der Waals surface area contributed by atoms with E-state index in [1.807, 2.05) is 0 Å². The third-order valence-electron chi connectivity index (χ3n) is 3.47. The second-order valence-electron chi connectivity index (χ2n) is 5.01. The Labute approximate surface area is 139 Å². The van der Waals surface area contributed by atoms with Crippen molar-refractivity contribution in [3.8, 4) is 11.5 Å². The Balaban J connectivity index is 2.32. The molecule has 0 N–H and O–H groups in total. The van der Waals surface area contributed by atoms with Crippen LogP contribution >= 0.6 is 0 Å². The standard InChI is InChI=1S/C16H17F2NO4S/c1-19(10-11-4-5-12(17)8-14(11)18)24(20,21)13-6-7-15(22-2)16(9-13)23-3/h4-9H,10H2,1-3H3. The molecule has 0 aliphatic rings. The normalized spacial score (nSPS) is 11.6. The molecule has 2 aromatic carbocycles. The number of benzene rings is 2. The fourth-order valence-electron chi connectivity index (χ4n) is 2.13. The van der Waals surface area contributed by atoms with Gasteiger partial charge in [0.25, 0.3) is 0 Å². The number of rotatable bonds is 6. The summed E-state index contributed by atoms with van der Waals surface area (Å²) in [6.07, 6.45) is 0. The summed E-state index contributed by atoms with van der Waals surface area (Å²) in [6.45, 7) is -0.233. The van der Waals surface area contributed by atoms with Gasteiger partial charge in [-0.05, 0) is 18.2 Å². The second-order valence-corrected chi connectivity index (χ2v) is 7.06. The first-order valence-corrected chi connectivity index (χ1v) is 8.36. The van der Waals surface area contributed by atoms with Crippen LogP contribution in [0.15, 0.2) is 41.3 Å². The van der Waals surface area contributed by atoms with E-state index in [4.69, 9.17) is 9.47 Å². The Morgan fingerprint density at radius 2 is 1.67 bits per heavy atom. The van der Waals surface area contributed by atoms with Crippen LogP contribution in [-0.4, -0.2) is 34.0 Å². The van der Waals surface area contributed by atoms with Crippen molar-refractivity contribution in [2.45, 2.75) is 11.4 Å². The fraction of sp³-hybridized carbons (Fsp3) is 0.250. The number of nitrogens with zero attached hydrogens (tertiary/aromatic N) is 1. The van der Waals surface area contributed by atoms with Crippen molar-refractivity contribution < 1.29 is 26.7 Å². The molecule has 0 aliphatic heterocycles. The minimum absolute atomic E-state index is 0.0230. The summed E-state index contributed by atoms with van der Waals surface area (Å²) in [5, 5.41) is 0. The predicted octanol–water partition coefficient (Wildman–Crippen LogP) is 2.80. The lowest BCUT2D eigenvalue weighted by Gasteiger charge is -2.18. The molecule has 2 aromatic rings. The molecule has 0 heterocycles. The maximum atomic E-state index is 13.7. The molecule has 8 heteroatoms. The molecule has 0 atom stereocenters. The van der Waals surface area contributed by atoms with Crippen molar-refractivity contribution >= 4 is 10.0 Å². The molecular weight excluding hydrogens is 340 g/mol. The molecule has 0 fully saturated rings. The number of ether oxygens (including phenoxy) is 2. The van der Waals surface area contributed by atoms with Gasteiger partial charge in [-0.3, -0.25) is 0 Å². The van der Waals surface area contributed by atoms with E-state index in [-0.39, 0.29) is 22.8 Å². The molecule has 24 heavy (non-hydrogen) atoms. The van der Waals surface area contributed by atoms with E-state index < -0.39 is 21.7 Å². The highest BCUT2D eigenvalue weighted by Crippen LogP contribution is 2.30. The van der Waals surface area contributed by atoms with Crippen LogP contribution in [-0.2, 0) is 16.6 Å². The summed E-state index contributed by atoms with van der Waals surface area (Å²) in [6, 6.07) is 7.17. The highest BCUT2D eigenvalue weighted by Gasteiger charge is 2.23. The summed E-state index contributed by atoms with van der Waals surface area (Å²) < 4.78 is 63.0. The maximum absolute atomic E-state index is 13.7. The van der Waals surface area contributed by atoms with E-state index in [1.165, 1.54) is 45.5 Å². The third kappa shape index (κ3) is 3.65. The van der Waals surface area contributed by atoms with Gasteiger partial charge in [0, 0.05) is 31.3 Å². The van der Waals surface area contributed by atoms with E-state index in [0.717, 1.165) is 10.4 Å². The highest BCUT2D eigenvalue weighted by atomic mass is 32.2. The Morgan fingerprint density at radius 3 is 2.25 bits per heavy atom. The molecule has 0 bridgehead atoms. The molecule has 130 valence electrons. The highest BCUT2D eigenvalue weighted by molar-refractivity contribution is 7.89. The molecule has 0 spiro atoms. The molecule has 0 aliphatic carbocycles. The van der Waals surface area contributed by atoms with Crippen molar-refractivity contribution in [2.75, 3.05) is 21.3 Å². The van der Waals surface area contributed by atoms with Gasteiger partial charge in [-0.1, -0.05) is 6.07 Å². The quantitative estimate of drug-likeness (QED) is 0.798. The van der Waals surface area contributed by atoms with Gasteiger partial charge in [-0.25, -0.2) is 17.2 Å². The van der Waals surface area contributed by atoms with Gasteiger partial charge in [0.1, 0.15) is 11.6 Å². The zero-order valence-corrected chi connectivity index (χ0v) is 14.2. The van der Waals surface area contributed by atoms with Crippen molar-refractivity contribution in [1.29, 1.82) is 0 Å². The molecule has 0 unspecified atom stereocenters. The van der Waals surface area contributed by atoms with Crippen LogP contribution in [0.4, 0.5) is 8.78 Å². The average Bonchev–Trinajstić information content (AvgIpc) is 2.56. The zero-order valence-electron chi connectivity index (χ0n) is 13.4. The van der Waals surface area contributed by atoms with Crippen molar-refractivity contribution in [2.24, 2.45) is 0 Å². The van der Waals surface area contributed by atoms with Gasteiger partial charge in [0.2, 0.25) is 10.0 Å². The Morgan fingerprint density at radius 1 is 1.00 bits per heavy atom. The van der Waals surface area contributed by atoms with Gasteiger partial charge < -0.3 is 9.47 Å². The lowest BCUT2D eigenvalue weighted by Crippen LogP contribution is -2.27. The smallest absolute Gasteiger partial charge is 0.243 e. The Bertz CT molecular complexity index is 840. The number of hydrogen-bond acceptors (Lipinski definition) is 4. The van der Waals surface area contributed by atoms with Crippen LogP contribution in [0.3, 0.4) is 0 Å². The Kier molecular flexibility index (Phi) is 5.40. The van der Waals surface area contributed by atoms with E-state index >= 15 is 0 Å². The first-order chi connectivity index (χ1) is 11.3. The van der Waals surface area contributed by atoms with Gasteiger partial charge >= 0.3 is 0 Å². The van der Waals surface area contributed by atoms with E-state index in [2.05, 4.69) is 0 Å². The summed E-state index contributed by atoms with van der Waals surface area (Å²) >= 11 is 0. The minimum atomic E-state index is -3.88. The van der Waals surface area contributed by atoms with Crippen LogP contribution in [0.5, 0.6) is 11.5 Å². The lowest BCUT2D eigenvalue weighted by molar-refractivity contribution is 0.353. The molecule has 0 saturated heterocycles. The molecule has 2 rings (SSSR count). The number of methoxy groups -OCH3 is 2. The van der Waals surface area contributed by atoms with Crippen LogP contribution in [0, 0.1) is 11.6 Å². The molecule has 0 radical (unpaired) electrons. The van der Waals surface area contributed by atoms with Gasteiger partial charge in [0.15, 0.2) is 11.5 Å². The SMILES string of the molecule is COc1ccc(S(=O)(=O)N(C)Cc2ccc(F)cc2F)cc1OC. The van der Waals surface area contributed by atoms with Crippen molar-refractivity contribution in [1.82, 2.24) is 4.31 Å². The van der Waals surface area contributed by atoms with Gasteiger partial charge in [0.05, 0.1) is 19.1 Å². The van der Waals surface area contributed by atoms with E-state index in [0.29, 0.717) is 11.8 Å². The van der Waals surface area contributed by atoms with Crippen molar-refractivity contribution in [3.05, 3.63) is 53.6 Å². The van der Waals surface area contributed by atoms with Crippen molar-refractivity contribution in [3.63, 3.8) is 0 Å². The predicted molar refractivity (Wildman–Crippen MR) is 84.6 cm³/mol. The lowest BCUT2D eigenvalue weighted by atomic mass is 10.2. The van der Waals surface area contributed by atoms with Crippen LogP contribution < -0.4 is 9.47 Å². The molecule has 5 nitrogen and oxygen atoms in total. The van der Waals surface area contributed by atoms with Crippen LogP contribution in [0.2, 0.25) is 0 Å². The largest absolute Gasteiger partial charge is 0.493 e. The molecule has 0 aromatic heterocycles. The molecular formula is C16H17F2NO4S. The topological polar surface area (TPSA) is 55.8 Å². The first-order valence-electron chi connectivity index (χ1n) is 6.92. The molecule has 0 saturated carbocycles. The molecule has 0 amide bonds. The number of halogens is 2. The monoisotopic (exact) mass is 357 g/mol. The maximum Gasteiger partial charge on any atom is 0.243 e. The fourth-order valence-corrected chi connectivity index (χ4v) is 3.30. The third-order valence-corrected chi connectivity index (χ3v) is 5.27.